The summed E-state index contributed by atoms with van der Waals surface area (Å²) in [6, 6.07) is 31.3. The molecule has 6 N–H and O–H groups in total. The lowest BCUT2D eigenvalue weighted by molar-refractivity contribution is 0.0686. The van der Waals surface area contributed by atoms with Gasteiger partial charge in [-0.15, -0.1) is 0 Å². The van der Waals surface area contributed by atoms with Crippen LogP contribution in [0.4, 0.5) is 0 Å². The number of H-pyrrole nitrogens is 4. The molecule has 1 aliphatic rings. The molecule has 48 heavy (non-hydrogen) atoms. The summed E-state index contributed by atoms with van der Waals surface area (Å²) in [6.45, 7) is 13.1. The van der Waals surface area contributed by atoms with E-state index in [0.717, 1.165) is 56.7 Å². The number of fused-ring (bicyclic) bond motifs is 8. The van der Waals surface area contributed by atoms with Gasteiger partial charge in [0.1, 0.15) is 0 Å². The Morgan fingerprint density at radius 3 is 0.854 bits per heavy atom. The summed E-state index contributed by atoms with van der Waals surface area (Å²) >= 11 is 0. The van der Waals surface area contributed by atoms with Crippen molar-refractivity contribution in [2.45, 2.75) is 63.2 Å². The second-order valence-electron chi connectivity index (χ2n) is 14.4. The number of aromatic amines is 4. The standard InChI is InChI=1S/C40H40N4O4/c1-37(2)27-15-19-31(41-27)39(5,25-11-7-23(8-12-25)35(45)46)33-21-17-29(43-33)38(3,4)30-18-22-34(44-30)40(6,32-20-16-28(37)42-32)26-13-9-24(10-14-26)36(47)48/h7-22,41-44H,1-6H3,(H,45,46)(H,47,48). The number of carboxylic acids is 2. The number of carbonyl (C=O) groups is 2. The lowest BCUT2D eigenvalue weighted by atomic mass is 9.76. The molecule has 1 aliphatic heterocycles. The minimum absolute atomic E-state index is 0.243. The van der Waals surface area contributed by atoms with Gasteiger partial charge in [-0.1, -0.05) is 24.3 Å². The summed E-state index contributed by atoms with van der Waals surface area (Å²) < 4.78 is 0. The number of rotatable bonds is 4. The van der Waals surface area contributed by atoms with Crippen LogP contribution in [-0.4, -0.2) is 42.1 Å². The van der Waals surface area contributed by atoms with Crippen molar-refractivity contribution in [3.63, 3.8) is 0 Å². The van der Waals surface area contributed by atoms with Crippen LogP contribution in [0, 0.1) is 0 Å². The molecule has 0 saturated heterocycles. The quantitative estimate of drug-likeness (QED) is 0.116. The van der Waals surface area contributed by atoms with Gasteiger partial charge in [0.15, 0.2) is 0 Å². The molecule has 0 radical (unpaired) electrons. The highest BCUT2D eigenvalue weighted by Crippen LogP contribution is 2.45. The summed E-state index contributed by atoms with van der Waals surface area (Å²) in [5.74, 6) is -1.91. The van der Waals surface area contributed by atoms with Crippen molar-refractivity contribution in [1.82, 2.24) is 19.9 Å². The molecule has 6 aromatic rings. The third-order valence-corrected chi connectivity index (χ3v) is 11.0. The van der Waals surface area contributed by atoms with Gasteiger partial charge in [0.05, 0.1) is 22.0 Å². The molecule has 7 rings (SSSR count). The fourth-order valence-corrected chi connectivity index (χ4v) is 7.30. The van der Waals surface area contributed by atoms with Crippen LogP contribution >= 0.6 is 0 Å². The molecule has 0 aliphatic carbocycles. The number of aromatic nitrogens is 4. The van der Waals surface area contributed by atoms with Crippen LogP contribution in [0.3, 0.4) is 0 Å². The zero-order valence-electron chi connectivity index (χ0n) is 27.9. The summed E-state index contributed by atoms with van der Waals surface area (Å²) in [6.07, 6.45) is 0. The summed E-state index contributed by atoms with van der Waals surface area (Å²) in [5, 5.41) is 19.2. The molecule has 0 atom stereocenters. The molecule has 0 spiro atoms. The van der Waals surface area contributed by atoms with Gasteiger partial charge in [-0.2, -0.15) is 0 Å². The van der Waals surface area contributed by atoms with E-state index in [0.29, 0.717) is 0 Å². The van der Waals surface area contributed by atoms with E-state index < -0.39 is 33.6 Å². The van der Waals surface area contributed by atoms with Gasteiger partial charge in [-0.3, -0.25) is 0 Å². The molecule has 8 heteroatoms. The van der Waals surface area contributed by atoms with Crippen LogP contribution in [-0.2, 0) is 21.7 Å². The smallest absolute Gasteiger partial charge is 0.335 e. The molecule has 8 nitrogen and oxygen atoms in total. The Morgan fingerprint density at radius 2 is 0.625 bits per heavy atom. The topological polar surface area (TPSA) is 138 Å². The van der Waals surface area contributed by atoms with Crippen molar-refractivity contribution in [3.05, 3.63) is 165 Å². The van der Waals surface area contributed by atoms with E-state index in [1.54, 1.807) is 24.3 Å². The normalized spacial score (nSPS) is 21.1. The molecule has 4 aromatic heterocycles. The Balaban J connectivity index is 1.46. The third kappa shape index (κ3) is 4.50. The Bertz CT molecular complexity index is 1920. The number of carboxylic acid groups (broad SMARTS) is 2. The molecule has 8 bridgehead atoms. The summed E-state index contributed by atoms with van der Waals surface area (Å²) in [7, 11) is 0. The zero-order chi connectivity index (χ0) is 34.2. The fourth-order valence-electron chi connectivity index (χ4n) is 7.30. The maximum Gasteiger partial charge on any atom is 0.335 e. The molecule has 0 fully saturated rings. The first-order valence-electron chi connectivity index (χ1n) is 16.1. The number of benzene rings is 2. The first-order chi connectivity index (χ1) is 22.7. The van der Waals surface area contributed by atoms with Crippen LogP contribution in [0.1, 0.15) is 119 Å². The first-order valence-corrected chi connectivity index (χ1v) is 16.1. The fraction of sp³-hybridized carbons (Fsp3) is 0.250. The number of hydrogen-bond acceptors (Lipinski definition) is 2. The van der Waals surface area contributed by atoms with Gasteiger partial charge in [-0.05, 0) is 125 Å². The third-order valence-electron chi connectivity index (χ3n) is 11.0. The van der Waals surface area contributed by atoms with Crippen molar-refractivity contribution in [2.75, 3.05) is 0 Å². The van der Waals surface area contributed by atoms with Crippen molar-refractivity contribution in [2.24, 2.45) is 0 Å². The minimum Gasteiger partial charge on any atom is -0.478 e. The van der Waals surface area contributed by atoms with E-state index in [9.17, 15) is 19.8 Å². The van der Waals surface area contributed by atoms with Crippen LogP contribution in [0.2, 0.25) is 0 Å². The maximum atomic E-state index is 11.7. The van der Waals surface area contributed by atoms with E-state index >= 15 is 0 Å². The van der Waals surface area contributed by atoms with Gasteiger partial charge in [0.25, 0.3) is 0 Å². The summed E-state index contributed by atoms with van der Waals surface area (Å²) in [5.41, 5.74) is 8.20. The van der Waals surface area contributed by atoms with Crippen molar-refractivity contribution >= 4 is 11.9 Å². The molecule has 244 valence electrons. The molecule has 0 unspecified atom stereocenters. The predicted molar refractivity (Wildman–Crippen MR) is 185 cm³/mol. The van der Waals surface area contributed by atoms with Gasteiger partial charge in [0.2, 0.25) is 0 Å². The average molecular weight is 641 g/mol. The van der Waals surface area contributed by atoms with Crippen LogP contribution in [0.25, 0.3) is 0 Å². The highest BCUT2D eigenvalue weighted by atomic mass is 16.4. The van der Waals surface area contributed by atoms with Crippen molar-refractivity contribution in [3.8, 4) is 0 Å². The Labute approximate surface area is 279 Å². The zero-order valence-corrected chi connectivity index (χ0v) is 27.9. The molecule has 2 aromatic carbocycles. The van der Waals surface area contributed by atoms with Crippen LogP contribution in [0.5, 0.6) is 0 Å². The van der Waals surface area contributed by atoms with E-state index in [2.05, 4.69) is 110 Å². The minimum atomic E-state index is -0.957. The Hall–Kier alpha value is -5.50. The lowest BCUT2D eigenvalue weighted by Gasteiger charge is -2.32. The highest BCUT2D eigenvalue weighted by Gasteiger charge is 2.40. The van der Waals surface area contributed by atoms with Crippen molar-refractivity contribution in [1.29, 1.82) is 0 Å². The van der Waals surface area contributed by atoms with E-state index in [1.165, 1.54) is 0 Å². The second-order valence-corrected chi connectivity index (χ2v) is 14.4. The van der Waals surface area contributed by atoms with Gasteiger partial charge in [-0.25, -0.2) is 9.59 Å². The van der Waals surface area contributed by atoms with Gasteiger partial charge >= 0.3 is 11.9 Å². The van der Waals surface area contributed by atoms with Crippen LogP contribution in [0.15, 0.2) is 97.1 Å². The average Bonchev–Trinajstić information content (AvgIpc) is 3.90. The van der Waals surface area contributed by atoms with Crippen LogP contribution < -0.4 is 0 Å². The first kappa shape index (κ1) is 31.1. The number of nitrogens with one attached hydrogen (secondary N) is 4. The molecule has 0 saturated carbocycles. The van der Waals surface area contributed by atoms with E-state index in [4.69, 9.17) is 0 Å². The molecule has 0 amide bonds. The monoisotopic (exact) mass is 640 g/mol. The van der Waals surface area contributed by atoms with Crippen molar-refractivity contribution < 1.29 is 19.8 Å². The molecular formula is C40H40N4O4. The van der Waals surface area contributed by atoms with E-state index in [1.807, 2.05) is 24.3 Å². The maximum absolute atomic E-state index is 11.7. The predicted octanol–water partition coefficient (Wildman–Crippen LogP) is 8.07. The lowest BCUT2D eigenvalue weighted by Crippen LogP contribution is -2.30. The van der Waals surface area contributed by atoms with Gasteiger partial charge < -0.3 is 30.1 Å². The largest absolute Gasteiger partial charge is 0.478 e. The number of hydrogen-bond donors (Lipinski definition) is 6. The number of aromatic carboxylic acids is 2. The molecule has 5 heterocycles. The van der Waals surface area contributed by atoms with E-state index in [-0.39, 0.29) is 11.1 Å². The Kier molecular flexibility index (Phi) is 6.81. The SMILES string of the molecule is CC1(C)c2ccc([nH]2)C(C)(c2ccc(C(=O)O)cc2)c2ccc([nH]2)C(C)(C)c2ccc([nH]2)C(C)(c2ccc(C(=O)O)cc2)c2ccc1[nH]2. The highest BCUT2D eigenvalue weighted by molar-refractivity contribution is 5.88. The molecular weight excluding hydrogens is 600 g/mol. The Morgan fingerprint density at radius 1 is 0.396 bits per heavy atom. The van der Waals surface area contributed by atoms with Gasteiger partial charge in [0, 0.05) is 56.4 Å². The second kappa shape index (κ2) is 10.5. The summed E-state index contributed by atoms with van der Waals surface area (Å²) in [4.78, 5) is 38.5.